The van der Waals surface area contributed by atoms with Gasteiger partial charge in [0.15, 0.2) is 0 Å². The second-order valence-corrected chi connectivity index (χ2v) is 5.44. The molecule has 0 nitrogen and oxygen atoms in total. The summed E-state index contributed by atoms with van der Waals surface area (Å²) in [5.41, 5.74) is 0. The lowest BCUT2D eigenvalue weighted by Gasteiger charge is -2.33. The minimum absolute atomic E-state index is 1.01. The van der Waals surface area contributed by atoms with Crippen molar-refractivity contribution in [2.75, 3.05) is 0 Å². The monoisotopic (exact) mass is 166 g/mol. The third kappa shape index (κ3) is 1.30. The van der Waals surface area contributed by atoms with Gasteiger partial charge in [-0.15, -0.1) is 0 Å². The molecule has 0 heterocycles. The van der Waals surface area contributed by atoms with Gasteiger partial charge in [-0.05, 0) is 48.9 Å². The zero-order valence-electron chi connectivity index (χ0n) is 8.72. The SMILES string of the molecule is CC1CCC2C(C)CC(C)C2C1. The van der Waals surface area contributed by atoms with E-state index in [1.54, 1.807) is 0 Å². The van der Waals surface area contributed by atoms with Gasteiger partial charge in [0.1, 0.15) is 0 Å². The highest BCUT2D eigenvalue weighted by Gasteiger charge is 2.41. The summed E-state index contributed by atoms with van der Waals surface area (Å²) in [6.45, 7) is 7.38. The Labute approximate surface area is 76.7 Å². The third-order valence-electron chi connectivity index (χ3n) is 4.42. The first-order valence-corrected chi connectivity index (χ1v) is 5.68. The number of hydrogen-bond donors (Lipinski definition) is 0. The van der Waals surface area contributed by atoms with Crippen molar-refractivity contribution in [3.63, 3.8) is 0 Å². The Bertz CT molecular complexity index is 161. The van der Waals surface area contributed by atoms with Crippen molar-refractivity contribution < 1.29 is 0 Å². The molecule has 0 N–H and O–H groups in total. The van der Waals surface area contributed by atoms with Crippen molar-refractivity contribution in [1.29, 1.82) is 0 Å². The van der Waals surface area contributed by atoms with Gasteiger partial charge in [0.25, 0.3) is 0 Å². The average Bonchev–Trinajstić information content (AvgIpc) is 2.28. The van der Waals surface area contributed by atoms with Crippen molar-refractivity contribution in [3.8, 4) is 0 Å². The van der Waals surface area contributed by atoms with E-state index in [1.165, 1.54) is 25.7 Å². The Hall–Kier alpha value is 0. The highest BCUT2D eigenvalue weighted by atomic mass is 14.5. The first kappa shape index (κ1) is 8.59. The predicted octanol–water partition coefficient (Wildman–Crippen LogP) is 3.71. The van der Waals surface area contributed by atoms with Gasteiger partial charge < -0.3 is 0 Å². The molecule has 0 saturated heterocycles. The van der Waals surface area contributed by atoms with E-state index in [-0.39, 0.29) is 0 Å². The summed E-state index contributed by atoms with van der Waals surface area (Å²) < 4.78 is 0. The van der Waals surface area contributed by atoms with Gasteiger partial charge in [-0.3, -0.25) is 0 Å². The summed E-state index contributed by atoms with van der Waals surface area (Å²) in [4.78, 5) is 0. The summed E-state index contributed by atoms with van der Waals surface area (Å²) >= 11 is 0. The summed E-state index contributed by atoms with van der Waals surface area (Å²) in [6.07, 6.45) is 6.05. The molecule has 0 aliphatic heterocycles. The summed E-state index contributed by atoms with van der Waals surface area (Å²) in [7, 11) is 0. The van der Waals surface area contributed by atoms with Gasteiger partial charge in [0, 0.05) is 0 Å². The van der Waals surface area contributed by atoms with E-state index < -0.39 is 0 Å². The lowest BCUT2D eigenvalue weighted by molar-refractivity contribution is 0.170. The van der Waals surface area contributed by atoms with Crippen LogP contribution in [-0.2, 0) is 0 Å². The molecule has 5 unspecified atom stereocenters. The molecule has 0 radical (unpaired) electrons. The van der Waals surface area contributed by atoms with E-state index in [0.29, 0.717) is 0 Å². The van der Waals surface area contributed by atoms with E-state index in [4.69, 9.17) is 0 Å². The maximum atomic E-state index is 2.47. The maximum absolute atomic E-state index is 2.47. The first-order valence-electron chi connectivity index (χ1n) is 5.68. The molecule has 0 aromatic carbocycles. The van der Waals surface area contributed by atoms with Crippen molar-refractivity contribution in [3.05, 3.63) is 0 Å². The summed E-state index contributed by atoms with van der Waals surface area (Å²) in [5, 5.41) is 0. The van der Waals surface area contributed by atoms with Crippen LogP contribution >= 0.6 is 0 Å². The topological polar surface area (TPSA) is 0 Å². The molecule has 0 spiro atoms. The van der Waals surface area contributed by atoms with Gasteiger partial charge >= 0.3 is 0 Å². The molecule has 2 rings (SSSR count). The first-order chi connectivity index (χ1) is 5.68. The minimum atomic E-state index is 1.01. The fourth-order valence-electron chi connectivity index (χ4n) is 3.75. The lowest BCUT2D eigenvalue weighted by Crippen LogP contribution is -2.24. The highest BCUT2D eigenvalue weighted by molar-refractivity contribution is 4.90. The quantitative estimate of drug-likeness (QED) is 0.514. The second kappa shape index (κ2) is 3.05. The Kier molecular flexibility index (Phi) is 2.18. The van der Waals surface area contributed by atoms with Crippen molar-refractivity contribution >= 4 is 0 Å². The molecule has 2 saturated carbocycles. The van der Waals surface area contributed by atoms with Crippen molar-refractivity contribution in [1.82, 2.24) is 0 Å². The molecule has 0 bridgehead atoms. The number of hydrogen-bond acceptors (Lipinski definition) is 0. The van der Waals surface area contributed by atoms with Crippen LogP contribution < -0.4 is 0 Å². The average molecular weight is 166 g/mol. The molecule has 2 aliphatic carbocycles. The highest BCUT2D eigenvalue weighted by Crippen LogP contribution is 2.50. The van der Waals surface area contributed by atoms with Crippen LogP contribution in [0.3, 0.4) is 0 Å². The number of fused-ring (bicyclic) bond motifs is 1. The van der Waals surface area contributed by atoms with Crippen LogP contribution in [0.25, 0.3) is 0 Å². The maximum Gasteiger partial charge on any atom is -0.0355 e. The fraction of sp³-hybridized carbons (Fsp3) is 1.00. The zero-order chi connectivity index (χ0) is 8.72. The largest absolute Gasteiger partial charge is 0.0625 e. The van der Waals surface area contributed by atoms with Gasteiger partial charge in [-0.1, -0.05) is 27.2 Å². The molecule has 5 atom stereocenters. The van der Waals surface area contributed by atoms with Gasteiger partial charge in [-0.25, -0.2) is 0 Å². The van der Waals surface area contributed by atoms with E-state index >= 15 is 0 Å². The van der Waals surface area contributed by atoms with Crippen LogP contribution in [0.1, 0.15) is 46.5 Å². The standard InChI is InChI=1S/C12H22/c1-8-4-5-11-9(2)7-10(3)12(11)6-8/h8-12H,4-7H2,1-3H3. The van der Waals surface area contributed by atoms with Gasteiger partial charge in [-0.2, -0.15) is 0 Å². The van der Waals surface area contributed by atoms with E-state index in [0.717, 1.165) is 29.6 Å². The molecular weight excluding hydrogens is 144 g/mol. The van der Waals surface area contributed by atoms with Crippen LogP contribution in [0.5, 0.6) is 0 Å². The third-order valence-corrected chi connectivity index (χ3v) is 4.42. The molecule has 12 heavy (non-hydrogen) atoms. The molecule has 0 amide bonds. The van der Waals surface area contributed by atoms with E-state index in [2.05, 4.69) is 20.8 Å². The smallest absolute Gasteiger partial charge is 0.0355 e. The van der Waals surface area contributed by atoms with Crippen molar-refractivity contribution in [2.24, 2.45) is 29.6 Å². The molecular formula is C12H22. The second-order valence-electron chi connectivity index (χ2n) is 5.44. The minimum Gasteiger partial charge on any atom is -0.0625 e. The molecule has 0 aromatic rings. The lowest BCUT2D eigenvalue weighted by atomic mass is 9.72. The van der Waals surface area contributed by atoms with Crippen LogP contribution in [0, 0.1) is 29.6 Å². The van der Waals surface area contributed by atoms with E-state index in [1.807, 2.05) is 0 Å². The fourth-order valence-corrected chi connectivity index (χ4v) is 3.75. The predicted molar refractivity (Wildman–Crippen MR) is 52.9 cm³/mol. The van der Waals surface area contributed by atoms with E-state index in [9.17, 15) is 0 Å². The Morgan fingerprint density at radius 2 is 1.42 bits per heavy atom. The van der Waals surface area contributed by atoms with Crippen LogP contribution in [0.15, 0.2) is 0 Å². The molecule has 0 aromatic heterocycles. The van der Waals surface area contributed by atoms with Crippen LogP contribution in [0.4, 0.5) is 0 Å². The van der Waals surface area contributed by atoms with Crippen molar-refractivity contribution in [2.45, 2.75) is 46.5 Å². The zero-order valence-corrected chi connectivity index (χ0v) is 8.72. The van der Waals surface area contributed by atoms with Gasteiger partial charge in [0.2, 0.25) is 0 Å². The normalized spacial score (nSPS) is 53.8. The molecule has 0 heteroatoms. The molecule has 70 valence electrons. The summed E-state index contributed by atoms with van der Waals surface area (Å²) in [5.74, 6) is 5.24. The molecule has 2 fully saturated rings. The Morgan fingerprint density at radius 3 is 2.17 bits per heavy atom. The Morgan fingerprint density at radius 1 is 0.750 bits per heavy atom. The van der Waals surface area contributed by atoms with Gasteiger partial charge in [0.05, 0.1) is 0 Å². The Balaban J connectivity index is 2.07. The van der Waals surface area contributed by atoms with Crippen LogP contribution in [-0.4, -0.2) is 0 Å². The summed E-state index contributed by atoms with van der Waals surface area (Å²) in [6, 6.07) is 0. The molecule has 2 aliphatic rings. The number of rotatable bonds is 0. The van der Waals surface area contributed by atoms with Crippen LogP contribution in [0.2, 0.25) is 0 Å².